The van der Waals surface area contributed by atoms with Crippen molar-refractivity contribution in [3.05, 3.63) is 22.5 Å². The van der Waals surface area contributed by atoms with Crippen LogP contribution in [0.1, 0.15) is 38.5 Å². The Morgan fingerprint density at radius 1 is 1.25 bits per heavy atom. The monoisotopic (exact) mass is 236 g/mol. The van der Waals surface area contributed by atoms with Crippen molar-refractivity contribution >= 4 is 8.07 Å². The Morgan fingerprint density at radius 3 is 2.75 bits per heavy atom. The number of rotatable bonds is 0. The van der Waals surface area contributed by atoms with Gasteiger partial charge in [-0.2, -0.15) is 0 Å². The molecule has 1 saturated heterocycles. The molecule has 0 amide bonds. The first-order valence-electron chi connectivity index (χ1n) is 6.38. The fraction of sp³-hybridized carbons (Fsp3) is 0.692. The second-order valence-electron chi connectivity index (χ2n) is 5.64. The predicted octanol–water partition coefficient (Wildman–Crippen LogP) is 2.01. The number of hydrogen-bond acceptors (Lipinski definition) is 2. The zero-order valence-electron chi connectivity index (χ0n) is 9.87. The molecule has 3 aliphatic heterocycles. The maximum atomic E-state index is 11.0. The lowest BCUT2D eigenvalue weighted by Gasteiger charge is -2.55. The highest BCUT2D eigenvalue weighted by Gasteiger charge is 2.60. The van der Waals surface area contributed by atoms with E-state index in [2.05, 4.69) is 18.7 Å². The van der Waals surface area contributed by atoms with Crippen molar-refractivity contribution in [1.82, 2.24) is 0 Å². The second-order valence-corrected chi connectivity index (χ2v) is 10.0. The van der Waals surface area contributed by atoms with E-state index in [1.807, 2.05) is 0 Å². The molecule has 3 rings (SSSR count). The molecule has 0 aromatic heterocycles. The molecule has 3 heteroatoms. The first kappa shape index (κ1) is 10.8. The quantitative estimate of drug-likeness (QED) is 0.632. The van der Waals surface area contributed by atoms with Gasteiger partial charge in [0.1, 0.15) is 8.07 Å². The molecule has 2 N–H and O–H groups in total. The second kappa shape index (κ2) is 3.31. The van der Waals surface area contributed by atoms with Gasteiger partial charge in [-0.05, 0) is 38.5 Å². The standard InChI is InChI=1S/C13H20O2Si/c1-16-10-4-2-5-11(16)7-8-12(14)13(16,15)9-3-6-10/h5-6,12,14-15H,2-4,7-9H2,1H3. The van der Waals surface area contributed by atoms with Gasteiger partial charge in [0.15, 0.2) is 0 Å². The zero-order valence-corrected chi connectivity index (χ0v) is 10.9. The van der Waals surface area contributed by atoms with E-state index in [4.69, 9.17) is 0 Å². The summed E-state index contributed by atoms with van der Waals surface area (Å²) in [6.45, 7) is 2.27. The molecule has 3 unspecified atom stereocenters. The predicted molar refractivity (Wildman–Crippen MR) is 66.4 cm³/mol. The van der Waals surface area contributed by atoms with Gasteiger partial charge < -0.3 is 10.2 Å². The third-order valence-corrected chi connectivity index (χ3v) is 10.9. The summed E-state index contributed by atoms with van der Waals surface area (Å²) in [5.74, 6) is 0. The van der Waals surface area contributed by atoms with Crippen LogP contribution in [0.3, 0.4) is 0 Å². The van der Waals surface area contributed by atoms with E-state index in [0.717, 1.165) is 38.5 Å². The molecule has 0 radical (unpaired) electrons. The minimum Gasteiger partial charge on any atom is -0.390 e. The van der Waals surface area contributed by atoms with Crippen LogP contribution < -0.4 is 0 Å². The van der Waals surface area contributed by atoms with Gasteiger partial charge in [-0.3, -0.25) is 0 Å². The molecule has 0 spiro atoms. The van der Waals surface area contributed by atoms with Crippen LogP contribution in [0.4, 0.5) is 0 Å². The lowest BCUT2D eigenvalue weighted by molar-refractivity contribution is -0.0361. The average molecular weight is 236 g/mol. The largest absolute Gasteiger partial charge is 0.390 e. The normalized spacial score (nSPS) is 46.8. The molecule has 0 aromatic carbocycles. The van der Waals surface area contributed by atoms with E-state index in [1.165, 1.54) is 10.4 Å². The fourth-order valence-corrected chi connectivity index (χ4v) is 9.40. The van der Waals surface area contributed by atoms with Gasteiger partial charge in [-0.1, -0.05) is 29.1 Å². The van der Waals surface area contributed by atoms with Crippen molar-refractivity contribution in [2.24, 2.45) is 0 Å². The van der Waals surface area contributed by atoms with Crippen LogP contribution in [0.5, 0.6) is 0 Å². The molecule has 88 valence electrons. The summed E-state index contributed by atoms with van der Waals surface area (Å²) in [5, 5.41) is 23.4. The highest BCUT2D eigenvalue weighted by molar-refractivity contribution is 6.94. The summed E-state index contributed by atoms with van der Waals surface area (Å²) in [7, 11) is -1.96. The fourth-order valence-electron chi connectivity index (χ4n) is 4.02. The van der Waals surface area contributed by atoms with Crippen LogP contribution in [-0.2, 0) is 0 Å². The van der Waals surface area contributed by atoms with E-state index in [-0.39, 0.29) is 0 Å². The molecule has 0 bridgehead atoms. The molecule has 0 aliphatic carbocycles. The number of hydrogen-bond donors (Lipinski definition) is 2. The lowest BCUT2D eigenvalue weighted by Crippen LogP contribution is -2.69. The Morgan fingerprint density at radius 2 is 1.94 bits per heavy atom. The summed E-state index contributed by atoms with van der Waals surface area (Å²) in [5.41, 5.74) is 0. The molecule has 0 saturated carbocycles. The Kier molecular flexibility index (Phi) is 2.22. The van der Waals surface area contributed by atoms with Crippen molar-refractivity contribution in [3.63, 3.8) is 0 Å². The zero-order chi connectivity index (χ0) is 11.4. The summed E-state index contributed by atoms with van der Waals surface area (Å²) in [6, 6.07) is 0. The first-order chi connectivity index (χ1) is 7.59. The SMILES string of the molecule is C[Si]12C3=CCCC1(O)C(O)CCC2=CCC3. The van der Waals surface area contributed by atoms with Crippen LogP contribution in [0, 0.1) is 0 Å². The number of allylic oxidation sites excluding steroid dienone is 4. The van der Waals surface area contributed by atoms with Crippen molar-refractivity contribution in [2.75, 3.05) is 0 Å². The molecule has 0 aromatic rings. The third kappa shape index (κ3) is 1.09. The van der Waals surface area contributed by atoms with Gasteiger partial charge in [0.2, 0.25) is 0 Å². The van der Waals surface area contributed by atoms with Gasteiger partial charge in [-0.25, -0.2) is 0 Å². The van der Waals surface area contributed by atoms with Crippen molar-refractivity contribution in [2.45, 2.75) is 56.4 Å². The first-order valence-corrected chi connectivity index (χ1v) is 8.88. The number of aliphatic hydroxyl groups excluding tert-OH is 1. The maximum Gasteiger partial charge on any atom is 0.144 e. The van der Waals surface area contributed by atoms with E-state index in [0.29, 0.717) is 0 Å². The van der Waals surface area contributed by atoms with E-state index in [9.17, 15) is 10.2 Å². The summed E-state index contributed by atoms with van der Waals surface area (Å²) in [6.07, 6.45) is 9.91. The molecule has 3 atom stereocenters. The Hall–Kier alpha value is -0.383. The third-order valence-electron chi connectivity index (χ3n) is 5.11. The molecule has 3 aliphatic rings. The Bertz CT molecular complexity index is 387. The topological polar surface area (TPSA) is 40.5 Å². The van der Waals surface area contributed by atoms with Gasteiger partial charge >= 0.3 is 0 Å². The van der Waals surface area contributed by atoms with Crippen LogP contribution in [0.15, 0.2) is 22.5 Å². The van der Waals surface area contributed by atoms with Crippen molar-refractivity contribution in [1.29, 1.82) is 0 Å². The Balaban J connectivity index is 2.19. The molecule has 1 fully saturated rings. The van der Waals surface area contributed by atoms with Gasteiger partial charge in [-0.15, -0.1) is 0 Å². The summed E-state index contributed by atoms with van der Waals surface area (Å²) < 4.78 is 0. The van der Waals surface area contributed by atoms with Crippen LogP contribution in [-0.4, -0.2) is 29.6 Å². The molecule has 3 heterocycles. The molecular formula is C13H20O2Si. The highest BCUT2D eigenvalue weighted by atomic mass is 28.3. The smallest absolute Gasteiger partial charge is 0.144 e. The van der Waals surface area contributed by atoms with E-state index in [1.54, 1.807) is 0 Å². The van der Waals surface area contributed by atoms with E-state index < -0.39 is 19.4 Å². The average Bonchev–Trinajstić information content (AvgIpc) is 2.26. The van der Waals surface area contributed by atoms with Crippen LogP contribution in [0.25, 0.3) is 0 Å². The van der Waals surface area contributed by atoms with Gasteiger partial charge in [0.05, 0.1) is 11.3 Å². The molecule has 16 heavy (non-hydrogen) atoms. The van der Waals surface area contributed by atoms with Gasteiger partial charge in [0, 0.05) is 0 Å². The minimum atomic E-state index is -1.96. The maximum absolute atomic E-state index is 11.0. The van der Waals surface area contributed by atoms with Crippen molar-refractivity contribution < 1.29 is 10.2 Å². The Labute approximate surface area is 97.7 Å². The van der Waals surface area contributed by atoms with E-state index >= 15 is 0 Å². The molecule has 2 nitrogen and oxygen atoms in total. The minimum absolute atomic E-state index is 0.497. The highest BCUT2D eigenvalue weighted by Crippen LogP contribution is 2.51. The van der Waals surface area contributed by atoms with Crippen molar-refractivity contribution in [3.8, 4) is 0 Å². The summed E-state index contributed by atoms with van der Waals surface area (Å²) >= 11 is 0. The number of aliphatic hydroxyl groups is 2. The van der Waals surface area contributed by atoms with Gasteiger partial charge in [0.25, 0.3) is 0 Å². The lowest BCUT2D eigenvalue weighted by atomic mass is 9.99. The molecular weight excluding hydrogens is 216 g/mol. The van der Waals surface area contributed by atoms with Crippen LogP contribution in [0.2, 0.25) is 6.55 Å². The summed E-state index contributed by atoms with van der Waals surface area (Å²) in [4.78, 5) is 0. The van der Waals surface area contributed by atoms with Crippen LogP contribution >= 0.6 is 0 Å².